The molecule has 4 rings (SSSR count). The van der Waals surface area contributed by atoms with Crippen LogP contribution in [0.15, 0.2) is 69.2 Å². The van der Waals surface area contributed by atoms with Crippen molar-refractivity contribution in [2.24, 2.45) is 15.3 Å². The lowest BCUT2D eigenvalue weighted by molar-refractivity contribution is -0.117. The molecule has 0 saturated heterocycles. The molecule has 0 saturated carbocycles. The SMILES string of the molecule is CC1=NN(c2nc(-c3ccc(C)cc3)cs2)C(=O)[C@@H]1N=Nc1cccc(Cl)c1. The molecular formula is C20H16ClN5OS. The van der Waals surface area contributed by atoms with Crippen molar-refractivity contribution in [3.8, 4) is 11.3 Å². The van der Waals surface area contributed by atoms with Crippen molar-refractivity contribution in [3.05, 3.63) is 64.5 Å². The Kier molecular flexibility index (Phi) is 5.02. The molecule has 1 aromatic heterocycles. The van der Waals surface area contributed by atoms with Gasteiger partial charge in [0.25, 0.3) is 5.91 Å². The van der Waals surface area contributed by atoms with Crippen LogP contribution < -0.4 is 5.01 Å². The minimum Gasteiger partial charge on any atom is -0.269 e. The molecular weight excluding hydrogens is 394 g/mol. The Morgan fingerprint density at radius 1 is 1.14 bits per heavy atom. The second kappa shape index (κ2) is 7.61. The first-order valence-electron chi connectivity index (χ1n) is 8.59. The number of amides is 1. The van der Waals surface area contributed by atoms with Crippen molar-refractivity contribution in [3.63, 3.8) is 0 Å². The lowest BCUT2D eigenvalue weighted by Gasteiger charge is -2.08. The van der Waals surface area contributed by atoms with E-state index in [9.17, 15) is 4.79 Å². The minimum absolute atomic E-state index is 0.270. The Bertz CT molecular complexity index is 1090. The highest BCUT2D eigenvalue weighted by Crippen LogP contribution is 2.31. The first-order chi connectivity index (χ1) is 13.5. The van der Waals surface area contributed by atoms with Crippen molar-refractivity contribution >= 4 is 45.4 Å². The van der Waals surface area contributed by atoms with Crippen LogP contribution in [0, 0.1) is 6.92 Å². The van der Waals surface area contributed by atoms with Crippen LogP contribution >= 0.6 is 22.9 Å². The zero-order valence-electron chi connectivity index (χ0n) is 15.2. The molecule has 8 heteroatoms. The van der Waals surface area contributed by atoms with Gasteiger partial charge in [0, 0.05) is 16.0 Å². The minimum atomic E-state index is -0.759. The second-order valence-corrected chi connectivity index (χ2v) is 7.64. The molecule has 0 spiro atoms. The average Bonchev–Trinajstić information content (AvgIpc) is 3.26. The van der Waals surface area contributed by atoms with E-state index < -0.39 is 6.04 Å². The van der Waals surface area contributed by atoms with Gasteiger partial charge in [0.2, 0.25) is 5.13 Å². The van der Waals surface area contributed by atoms with E-state index in [2.05, 4.69) is 20.3 Å². The van der Waals surface area contributed by atoms with Gasteiger partial charge in [-0.15, -0.1) is 11.3 Å². The summed E-state index contributed by atoms with van der Waals surface area (Å²) >= 11 is 7.32. The highest BCUT2D eigenvalue weighted by atomic mass is 35.5. The lowest BCUT2D eigenvalue weighted by Crippen LogP contribution is -2.29. The molecule has 1 atom stereocenters. The summed E-state index contributed by atoms with van der Waals surface area (Å²) in [5.41, 5.74) is 4.15. The van der Waals surface area contributed by atoms with E-state index in [1.807, 2.05) is 36.6 Å². The van der Waals surface area contributed by atoms with Gasteiger partial charge in [0.05, 0.1) is 17.1 Å². The quantitative estimate of drug-likeness (QED) is 0.522. The van der Waals surface area contributed by atoms with Crippen LogP contribution in [-0.4, -0.2) is 22.6 Å². The van der Waals surface area contributed by atoms with E-state index in [0.717, 1.165) is 11.3 Å². The maximum Gasteiger partial charge on any atom is 0.282 e. The van der Waals surface area contributed by atoms with Gasteiger partial charge >= 0.3 is 0 Å². The molecule has 0 aliphatic carbocycles. The molecule has 2 aromatic carbocycles. The van der Waals surface area contributed by atoms with Gasteiger partial charge in [-0.1, -0.05) is 47.5 Å². The summed E-state index contributed by atoms with van der Waals surface area (Å²) in [6.07, 6.45) is 0. The number of rotatable bonds is 4. The van der Waals surface area contributed by atoms with Crippen LogP contribution in [0.5, 0.6) is 0 Å². The number of nitrogens with zero attached hydrogens (tertiary/aromatic N) is 5. The fraction of sp³-hybridized carbons (Fsp3) is 0.150. The van der Waals surface area contributed by atoms with Crippen LogP contribution in [0.4, 0.5) is 10.8 Å². The molecule has 0 fully saturated rings. The number of thiazole rings is 1. The smallest absolute Gasteiger partial charge is 0.269 e. The first-order valence-corrected chi connectivity index (χ1v) is 9.85. The number of hydrogen-bond acceptors (Lipinski definition) is 6. The number of carbonyl (C=O) groups is 1. The molecule has 1 aliphatic heterocycles. The largest absolute Gasteiger partial charge is 0.282 e. The first kappa shape index (κ1) is 18.5. The van der Waals surface area contributed by atoms with Crippen LogP contribution in [0.1, 0.15) is 12.5 Å². The third-order valence-electron chi connectivity index (χ3n) is 4.21. The summed E-state index contributed by atoms with van der Waals surface area (Å²) in [5, 5.41) is 16.9. The molecule has 0 bridgehead atoms. The standard InChI is InChI=1S/C20H16ClN5OS/c1-12-6-8-14(9-7-12)17-11-28-20(22-17)26-19(27)18(13(2)25-26)24-23-16-5-3-4-15(21)10-16/h3-11,18H,1-2H3/t18-/m1/s1. The Balaban J connectivity index is 1.54. The predicted molar refractivity (Wildman–Crippen MR) is 113 cm³/mol. The Labute approximate surface area is 171 Å². The molecule has 1 aliphatic rings. The normalized spacial score (nSPS) is 16.8. The Morgan fingerprint density at radius 2 is 1.93 bits per heavy atom. The topological polar surface area (TPSA) is 70.3 Å². The molecule has 1 amide bonds. The summed E-state index contributed by atoms with van der Waals surface area (Å²) in [4.78, 5) is 17.4. The summed E-state index contributed by atoms with van der Waals surface area (Å²) in [7, 11) is 0. The molecule has 0 unspecified atom stereocenters. The number of aromatic nitrogens is 1. The maximum absolute atomic E-state index is 12.8. The summed E-state index contributed by atoms with van der Waals surface area (Å²) < 4.78 is 0. The van der Waals surface area contributed by atoms with Crippen LogP contribution in [-0.2, 0) is 4.79 Å². The molecule has 2 heterocycles. The van der Waals surface area contributed by atoms with Gasteiger partial charge in [-0.25, -0.2) is 4.98 Å². The molecule has 140 valence electrons. The van der Waals surface area contributed by atoms with Crippen molar-refractivity contribution in [1.29, 1.82) is 0 Å². The number of benzene rings is 2. The lowest BCUT2D eigenvalue weighted by atomic mass is 10.1. The number of anilines is 1. The zero-order chi connectivity index (χ0) is 19.7. The van der Waals surface area contributed by atoms with Crippen molar-refractivity contribution in [1.82, 2.24) is 4.98 Å². The van der Waals surface area contributed by atoms with Gasteiger partial charge in [0.1, 0.15) is 0 Å². The van der Waals surface area contributed by atoms with Crippen molar-refractivity contribution in [2.75, 3.05) is 5.01 Å². The molecule has 0 radical (unpaired) electrons. The number of azo groups is 1. The Hall–Kier alpha value is -2.90. The van der Waals surface area contributed by atoms with Crippen molar-refractivity contribution < 1.29 is 4.79 Å². The summed E-state index contributed by atoms with van der Waals surface area (Å²) in [6.45, 7) is 3.79. The summed E-state index contributed by atoms with van der Waals surface area (Å²) in [5.74, 6) is -0.270. The van der Waals surface area contributed by atoms with E-state index in [1.165, 1.54) is 21.9 Å². The van der Waals surface area contributed by atoms with Gasteiger partial charge in [0.15, 0.2) is 6.04 Å². The predicted octanol–water partition coefficient (Wildman–Crippen LogP) is 5.65. The zero-order valence-corrected chi connectivity index (χ0v) is 16.8. The molecule has 3 aromatic rings. The highest BCUT2D eigenvalue weighted by molar-refractivity contribution is 7.14. The monoisotopic (exact) mass is 409 g/mol. The van der Waals surface area contributed by atoms with E-state index in [4.69, 9.17) is 11.6 Å². The van der Waals surface area contributed by atoms with E-state index in [-0.39, 0.29) is 5.91 Å². The van der Waals surface area contributed by atoms with Gasteiger partial charge in [-0.3, -0.25) is 4.79 Å². The van der Waals surface area contributed by atoms with Crippen LogP contribution in [0.2, 0.25) is 5.02 Å². The highest BCUT2D eigenvalue weighted by Gasteiger charge is 2.36. The number of halogens is 1. The van der Waals surface area contributed by atoms with Crippen LogP contribution in [0.3, 0.4) is 0 Å². The molecule has 0 N–H and O–H groups in total. The molecule has 6 nitrogen and oxygen atoms in total. The maximum atomic E-state index is 12.8. The fourth-order valence-corrected chi connectivity index (χ4v) is 3.68. The van der Waals surface area contributed by atoms with E-state index in [0.29, 0.717) is 21.6 Å². The fourth-order valence-electron chi connectivity index (χ4n) is 2.71. The number of carbonyl (C=O) groups excluding carboxylic acids is 1. The van der Waals surface area contributed by atoms with E-state index >= 15 is 0 Å². The van der Waals surface area contributed by atoms with Gasteiger partial charge < -0.3 is 0 Å². The molecule has 28 heavy (non-hydrogen) atoms. The Morgan fingerprint density at radius 3 is 2.68 bits per heavy atom. The second-order valence-electron chi connectivity index (χ2n) is 6.37. The number of hydrazone groups is 1. The average molecular weight is 410 g/mol. The van der Waals surface area contributed by atoms with Crippen LogP contribution in [0.25, 0.3) is 11.3 Å². The number of aryl methyl sites for hydroxylation is 1. The summed E-state index contributed by atoms with van der Waals surface area (Å²) in [6, 6.07) is 14.3. The number of hydrogen-bond donors (Lipinski definition) is 0. The van der Waals surface area contributed by atoms with Gasteiger partial charge in [-0.05, 0) is 32.0 Å². The van der Waals surface area contributed by atoms with Gasteiger partial charge in [-0.2, -0.15) is 20.3 Å². The van der Waals surface area contributed by atoms with Crippen molar-refractivity contribution in [2.45, 2.75) is 19.9 Å². The van der Waals surface area contributed by atoms with E-state index in [1.54, 1.807) is 31.2 Å². The third kappa shape index (κ3) is 3.72. The third-order valence-corrected chi connectivity index (χ3v) is 5.26.